The number of nitrogens with zero attached hydrogens (tertiary/aromatic N) is 2. The predicted octanol–water partition coefficient (Wildman–Crippen LogP) is 3.65. The topological polar surface area (TPSA) is 79.4 Å². The molecule has 2 heterocycles. The molecule has 3 aromatic rings. The van der Waals surface area contributed by atoms with E-state index in [-0.39, 0.29) is 21.4 Å². The Balaban J connectivity index is 1.47. The van der Waals surface area contributed by atoms with Gasteiger partial charge in [0, 0.05) is 36.8 Å². The molecule has 1 N–H and O–H groups in total. The van der Waals surface area contributed by atoms with Gasteiger partial charge in [-0.3, -0.25) is 9.78 Å². The van der Waals surface area contributed by atoms with Crippen LogP contribution < -0.4 is 5.32 Å². The third kappa shape index (κ3) is 4.19. The van der Waals surface area contributed by atoms with E-state index in [9.17, 15) is 13.2 Å². The van der Waals surface area contributed by atoms with E-state index in [0.717, 1.165) is 29.3 Å². The summed E-state index contributed by atoms with van der Waals surface area (Å²) in [4.78, 5) is 17.0. The Morgan fingerprint density at radius 1 is 1.10 bits per heavy atom. The van der Waals surface area contributed by atoms with Crippen molar-refractivity contribution in [2.45, 2.75) is 24.2 Å². The van der Waals surface area contributed by atoms with Crippen LogP contribution in [0.5, 0.6) is 0 Å². The van der Waals surface area contributed by atoms with Crippen molar-refractivity contribution in [3.8, 4) is 0 Å². The number of carbonyl (C=O) groups is 1. The molecule has 4 rings (SSSR count). The third-order valence-corrected chi connectivity index (χ3v) is 7.65. The Bertz CT molecular complexity index is 1190. The van der Waals surface area contributed by atoms with Crippen LogP contribution in [0.3, 0.4) is 0 Å². The maximum absolute atomic E-state index is 12.9. The molecule has 1 amide bonds. The number of carbonyl (C=O) groups excluding carboxylic acids is 1. The van der Waals surface area contributed by atoms with Crippen LogP contribution in [0.25, 0.3) is 10.9 Å². The lowest BCUT2D eigenvalue weighted by molar-refractivity contribution is 0.0954. The predicted molar refractivity (Wildman–Crippen MR) is 117 cm³/mol. The van der Waals surface area contributed by atoms with Gasteiger partial charge in [0.15, 0.2) is 0 Å². The lowest BCUT2D eigenvalue weighted by Crippen LogP contribution is -2.29. The summed E-state index contributed by atoms with van der Waals surface area (Å²) in [5.41, 5.74) is 2.23. The average molecular weight is 444 g/mol. The average Bonchev–Trinajstić information content (AvgIpc) is 3.30. The highest BCUT2D eigenvalue weighted by Gasteiger charge is 2.29. The molecule has 0 radical (unpaired) electrons. The lowest BCUT2D eigenvalue weighted by Gasteiger charge is -2.17. The highest BCUT2D eigenvalue weighted by Crippen LogP contribution is 2.28. The van der Waals surface area contributed by atoms with Crippen molar-refractivity contribution >= 4 is 38.4 Å². The van der Waals surface area contributed by atoms with E-state index in [2.05, 4.69) is 10.3 Å². The van der Waals surface area contributed by atoms with Crippen LogP contribution in [0.4, 0.5) is 0 Å². The first kappa shape index (κ1) is 20.8. The summed E-state index contributed by atoms with van der Waals surface area (Å²) in [5, 5.41) is 4.04. The standard InChI is InChI=1S/C22H22ClN3O3S/c23-19-9-8-18(15-20(19)30(28,29)26-13-1-2-14-26)22(27)25-12-10-17-6-3-5-16-7-4-11-24-21(16)17/h3-9,11,15H,1-2,10,12-14H2,(H,25,27). The molecule has 1 aliphatic heterocycles. The van der Waals surface area contributed by atoms with E-state index < -0.39 is 10.0 Å². The number of hydrogen-bond acceptors (Lipinski definition) is 4. The van der Waals surface area contributed by atoms with E-state index in [4.69, 9.17) is 11.6 Å². The molecule has 1 aliphatic rings. The monoisotopic (exact) mass is 443 g/mol. The molecule has 0 atom stereocenters. The number of aromatic nitrogens is 1. The number of nitrogens with one attached hydrogen (secondary N) is 1. The van der Waals surface area contributed by atoms with Crippen LogP contribution in [0.2, 0.25) is 5.02 Å². The van der Waals surface area contributed by atoms with Gasteiger partial charge < -0.3 is 5.32 Å². The van der Waals surface area contributed by atoms with Crippen LogP contribution in [0.15, 0.2) is 59.6 Å². The molecule has 0 spiro atoms. The van der Waals surface area contributed by atoms with Crippen LogP contribution >= 0.6 is 11.6 Å². The highest BCUT2D eigenvalue weighted by molar-refractivity contribution is 7.89. The molecule has 0 aliphatic carbocycles. The molecule has 156 valence electrons. The first-order valence-electron chi connectivity index (χ1n) is 9.87. The van der Waals surface area contributed by atoms with Crippen molar-refractivity contribution in [2.24, 2.45) is 0 Å². The van der Waals surface area contributed by atoms with Crippen LogP contribution in [0.1, 0.15) is 28.8 Å². The summed E-state index contributed by atoms with van der Waals surface area (Å²) in [7, 11) is -3.70. The Hall–Kier alpha value is -2.48. The second-order valence-corrected chi connectivity index (χ2v) is 9.57. The molecular weight excluding hydrogens is 422 g/mol. The molecular formula is C22H22ClN3O3S. The first-order valence-corrected chi connectivity index (χ1v) is 11.7. The van der Waals surface area contributed by atoms with E-state index in [1.54, 1.807) is 12.3 Å². The smallest absolute Gasteiger partial charge is 0.251 e. The Kier molecular flexibility index (Phi) is 6.04. The Morgan fingerprint density at radius 3 is 2.67 bits per heavy atom. The number of amides is 1. The van der Waals surface area contributed by atoms with E-state index in [1.165, 1.54) is 16.4 Å². The van der Waals surface area contributed by atoms with Gasteiger partial charge in [-0.25, -0.2) is 8.42 Å². The van der Waals surface area contributed by atoms with Crippen molar-refractivity contribution in [3.63, 3.8) is 0 Å². The van der Waals surface area contributed by atoms with E-state index in [0.29, 0.717) is 26.1 Å². The van der Waals surface area contributed by atoms with Gasteiger partial charge in [0.1, 0.15) is 4.90 Å². The Labute approximate surface area is 180 Å². The third-order valence-electron chi connectivity index (χ3n) is 5.27. The highest BCUT2D eigenvalue weighted by atomic mass is 35.5. The number of fused-ring (bicyclic) bond motifs is 1. The zero-order valence-corrected chi connectivity index (χ0v) is 17.9. The molecule has 8 heteroatoms. The zero-order valence-electron chi connectivity index (χ0n) is 16.3. The second-order valence-electron chi connectivity index (χ2n) is 7.25. The molecule has 0 bridgehead atoms. The van der Waals surface area contributed by atoms with Crippen LogP contribution in [0, 0.1) is 0 Å². The number of pyridine rings is 1. The van der Waals surface area contributed by atoms with Gasteiger partial charge in [-0.2, -0.15) is 4.31 Å². The fourth-order valence-electron chi connectivity index (χ4n) is 3.69. The minimum Gasteiger partial charge on any atom is -0.352 e. The van der Waals surface area contributed by atoms with Crippen LogP contribution in [-0.4, -0.2) is 43.2 Å². The SMILES string of the molecule is O=C(NCCc1cccc2cccnc12)c1ccc(Cl)c(S(=O)(=O)N2CCCC2)c1. The molecule has 0 unspecified atom stereocenters. The molecule has 1 aromatic heterocycles. The fraction of sp³-hybridized carbons (Fsp3) is 0.273. The maximum atomic E-state index is 12.9. The summed E-state index contributed by atoms with van der Waals surface area (Å²) < 4.78 is 27.1. The molecule has 1 fully saturated rings. The van der Waals surface area contributed by atoms with Gasteiger partial charge in [-0.1, -0.05) is 35.9 Å². The van der Waals surface area contributed by atoms with Gasteiger partial charge in [-0.15, -0.1) is 0 Å². The zero-order chi connectivity index (χ0) is 21.1. The summed E-state index contributed by atoms with van der Waals surface area (Å²) >= 11 is 6.16. The van der Waals surface area contributed by atoms with Crippen molar-refractivity contribution in [3.05, 3.63) is 70.9 Å². The van der Waals surface area contributed by atoms with Gasteiger partial charge in [0.2, 0.25) is 10.0 Å². The summed E-state index contributed by atoms with van der Waals surface area (Å²) in [6.07, 6.45) is 4.03. The molecule has 2 aromatic carbocycles. The van der Waals surface area contributed by atoms with Gasteiger partial charge in [0.05, 0.1) is 10.5 Å². The summed E-state index contributed by atoms with van der Waals surface area (Å²) in [6.45, 7) is 1.37. The maximum Gasteiger partial charge on any atom is 0.251 e. The first-order chi connectivity index (χ1) is 14.5. The number of sulfonamides is 1. The molecule has 0 saturated carbocycles. The molecule has 30 heavy (non-hydrogen) atoms. The summed E-state index contributed by atoms with van der Waals surface area (Å²) in [6, 6.07) is 14.2. The lowest BCUT2D eigenvalue weighted by atomic mass is 10.1. The minimum absolute atomic E-state index is 0.0167. The number of halogens is 1. The summed E-state index contributed by atoms with van der Waals surface area (Å²) in [5.74, 6) is -0.335. The van der Waals surface area contributed by atoms with Crippen molar-refractivity contribution < 1.29 is 13.2 Å². The quantitative estimate of drug-likeness (QED) is 0.630. The van der Waals surface area contributed by atoms with Crippen molar-refractivity contribution in [1.29, 1.82) is 0 Å². The van der Waals surface area contributed by atoms with E-state index in [1.807, 2.05) is 30.3 Å². The Morgan fingerprint density at radius 2 is 1.87 bits per heavy atom. The molecule has 1 saturated heterocycles. The molecule has 6 nitrogen and oxygen atoms in total. The normalized spacial score (nSPS) is 14.8. The fourth-order valence-corrected chi connectivity index (χ4v) is 5.71. The van der Waals surface area contributed by atoms with Gasteiger partial charge >= 0.3 is 0 Å². The van der Waals surface area contributed by atoms with Crippen molar-refractivity contribution in [2.75, 3.05) is 19.6 Å². The number of para-hydroxylation sites is 1. The van der Waals surface area contributed by atoms with Crippen LogP contribution in [-0.2, 0) is 16.4 Å². The minimum atomic E-state index is -3.70. The second kappa shape index (κ2) is 8.71. The van der Waals surface area contributed by atoms with Gasteiger partial charge in [-0.05, 0) is 49.1 Å². The van der Waals surface area contributed by atoms with Gasteiger partial charge in [0.25, 0.3) is 5.91 Å². The number of benzene rings is 2. The largest absolute Gasteiger partial charge is 0.352 e. The van der Waals surface area contributed by atoms with Crippen molar-refractivity contribution in [1.82, 2.24) is 14.6 Å². The number of rotatable bonds is 6. The number of hydrogen-bond donors (Lipinski definition) is 1. The van der Waals surface area contributed by atoms with E-state index >= 15 is 0 Å².